The summed E-state index contributed by atoms with van der Waals surface area (Å²) in [6, 6.07) is 2.97. The molecule has 86 valence electrons. The molecule has 0 spiro atoms. The van der Waals surface area contributed by atoms with Gasteiger partial charge in [0.1, 0.15) is 0 Å². The summed E-state index contributed by atoms with van der Waals surface area (Å²) in [6.45, 7) is 0.348. The standard InChI is InChI=1S/C10H9F2NO3/c1-13-4-6-2-3-7(5-14)9-8(6)15-10(11,12)16-9/h2-3,5,13H,4H2,1H3. The van der Waals surface area contributed by atoms with Gasteiger partial charge in [-0.2, -0.15) is 0 Å². The third-order valence-electron chi connectivity index (χ3n) is 2.16. The minimum Gasteiger partial charge on any atom is -0.395 e. The Morgan fingerprint density at radius 2 is 2.06 bits per heavy atom. The molecule has 0 aliphatic carbocycles. The van der Waals surface area contributed by atoms with Gasteiger partial charge in [0.2, 0.25) is 0 Å². The second-order valence-electron chi connectivity index (χ2n) is 3.29. The molecule has 1 aromatic carbocycles. The van der Waals surface area contributed by atoms with Gasteiger partial charge in [0.25, 0.3) is 0 Å². The van der Waals surface area contributed by atoms with Crippen LogP contribution in [-0.4, -0.2) is 19.6 Å². The summed E-state index contributed by atoms with van der Waals surface area (Å²) in [7, 11) is 1.67. The van der Waals surface area contributed by atoms with Crippen molar-refractivity contribution in [3.8, 4) is 11.5 Å². The summed E-state index contributed by atoms with van der Waals surface area (Å²) in [5.41, 5.74) is 0.562. The maximum absolute atomic E-state index is 12.9. The predicted molar refractivity (Wildman–Crippen MR) is 50.8 cm³/mol. The highest BCUT2D eigenvalue weighted by Crippen LogP contribution is 2.45. The maximum atomic E-state index is 12.9. The molecule has 0 radical (unpaired) electrons. The SMILES string of the molecule is CNCc1ccc(C=O)c2c1OC(F)(F)O2. The monoisotopic (exact) mass is 229 g/mol. The van der Waals surface area contributed by atoms with Crippen LogP contribution >= 0.6 is 0 Å². The van der Waals surface area contributed by atoms with Gasteiger partial charge >= 0.3 is 6.29 Å². The zero-order valence-corrected chi connectivity index (χ0v) is 8.42. The Kier molecular flexibility index (Phi) is 2.51. The Morgan fingerprint density at radius 1 is 1.38 bits per heavy atom. The van der Waals surface area contributed by atoms with Crippen LogP contribution in [0.1, 0.15) is 15.9 Å². The first-order chi connectivity index (χ1) is 7.57. The van der Waals surface area contributed by atoms with Crippen molar-refractivity contribution in [2.75, 3.05) is 7.05 Å². The third kappa shape index (κ3) is 1.71. The molecule has 4 nitrogen and oxygen atoms in total. The lowest BCUT2D eigenvalue weighted by atomic mass is 10.1. The van der Waals surface area contributed by atoms with Gasteiger partial charge in [0, 0.05) is 12.1 Å². The summed E-state index contributed by atoms with van der Waals surface area (Å²) < 4.78 is 34.4. The Hall–Kier alpha value is -1.69. The second-order valence-corrected chi connectivity index (χ2v) is 3.29. The molecular formula is C10H9F2NO3. The van der Waals surface area contributed by atoms with Gasteiger partial charge in [-0.1, -0.05) is 6.07 Å². The van der Waals surface area contributed by atoms with E-state index >= 15 is 0 Å². The van der Waals surface area contributed by atoms with Crippen molar-refractivity contribution in [2.45, 2.75) is 12.8 Å². The molecule has 16 heavy (non-hydrogen) atoms. The molecule has 1 aliphatic rings. The van der Waals surface area contributed by atoms with Crippen LogP contribution in [0.15, 0.2) is 12.1 Å². The van der Waals surface area contributed by atoms with Crippen molar-refractivity contribution < 1.29 is 23.0 Å². The second kappa shape index (κ2) is 3.71. The predicted octanol–water partition coefficient (Wildman–Crippen LogP) is 1.54. The van der Waals surface area contributed by atoms with E-state index in [1.54, 1.807) is 13.1 Å². The highest BCUT2D eigenvalue weighted by atomic mass is 19.3. The van der Waals surface area contributed by atoms with Crippen LogP contribution in [0.25, 0.3) is 0 Å². The number of nitrogens with one attached hydrogen (secondary N) is 1. The molecule has 1 N–H and O–H groups in total. The molecular weight excluding hydrogens is 220 g/mol. The Morgan fingerprint density at radius 3 is 2.69 bits per heavy atom. The van der Waals surface area contributed by atoms with Crippen LogP contribution in [0.4, 0.5) is 8.78 Å². The van der Waals surface area contributed by atoms with Crippen molar-refractivity contribution in [1.82, 2.24) is 5.32 Å². The fourth-order valence-corrected chi connectivity index (χ4v) is 1.52. The minimum absolute atomic E-state index is 0.0482. The average molecular weight is 229 g/mol. The van der Waals surface area contributed by atoms with E-state index in [0.29, 0.717) is 18.4 Å². The third-order valence-corrected chi connectivity index (χ3v) is 2.16. The minimum atomic E-state index is -3.70. The van der Waals surface area contributed by atoms with Crippen molar-refractivity contribution >= 4 is 6.29 Å². The van der Waals surface area contributed by atoms with E-state index in [2.05, 4.69) is 14.8 Å². The first-order valence-corrected chi connectivity index (χ1v) is 4.59. The normalized spacial score (nSPS) is 16.2. The molecule has 0 unspecified atom stereocenters. The van der Waals surface area contributed by atoms with Crippen molar-refractivity contribution in [3.63, 3.8) is 0 Å². The Bertz CT molecular complexity index is 434. The van der Waals surface area contributed by atoms with Gasteiger partial charge in [0.15, 0.2) is 17.8 Å². The zero-order valence-electron chi connectivity index (χ0n) is 8.42. The number of benzene rings is 1. The molecule has 0 atom stereocenters. The maximum Gasteiger partial charge on any atom is 0.586 e. The van der Waals surface area contributed by atoms with E-state index < -0.39 is 6.29 Å². The molecule has 1 aromatic rings. The first-order valence-electron chi connectivity index (χ1n) is 4.59. The lowest BCUT2D eigenvalue weighted by Crippen LogP contribution is -2.26. The molecule has 0 aromatic heterocycles. The summed E-state index contributed by atoms with van der Waals surface area (Å²) in [5, 5.41) is 2.81. The largest absolute Gasteiger partial charge is 0.586 e. The molecule has 1 aliphatic heterocycles. The Labute approximate surface area is 90.2 Å². The number of aldehydes is 1. The molecule has 0 bridgehead atoms. The topological polar surface area (TPSA) is 47.6 Å². The number of rotatable bonds is 3. The Balaban J connectivity index is 2.50. The summed E-state index contributed by atoms with van der Waals surface area (Å²) in [6.07, 6.45) is -3.25. The van der Waals surface area contributed by atoms with E-state index in [4.69, 9.17) is 0 Å². The molecule has 0 fully saturated rings. The zero-order chi connectivity index (χ0) is 11.8. The van der Waals surface area contributed by atoms with Crippen LogP contribution in [-0.2, 0) is 6.54 Å². The van der Waals surface area contributed by atoms with Gasteiger partial charge in [-0.15, -0.1) is 8.78 Å². The van der Waals surface area contributed by atoms with Crippen molar-refractivity contribution in [3.05, 3.63) is 23.3 Å². The number of carbonyl (C=O) groups is 1. The van der Waals surface area contributed by atoms with Gasteiger partial charge in [-0.3, -0.25) is 4.79 Å². The van der Waals surface area contributed by atoms with E-state index in [-0.39, 0.29) is 17.1 Å². The summed E-state index contributed by atoms with van der Waals surface area (Å²) >= 11 is 0. The van der Waals surface area contributed by atoms with Crippen molar-refractivity contribution in [1.29, 1.82) is 0 Å². The van der Waals surface area contributed by atoms with E-state index in [1.165, 1.54) is 6.07 Å². The average Bonchev–Trinajstić information content (AvgIpc) is 2.54. The molecule has 2 rings (SSSR count). The number of halogens is 2. The molecule has 0 saturated carbocycles. The van der Waals surface area contributed by atoms with Gasteiger partial charge in [-0.25, -0.2) is 0 Å². The van der Waals surface area contributed by atoms with Crippen molar-refractivity contribution in [2.24, 2.45) is 0 Å². The smallest absolute Gasteiger partial charge is 0.395 e. The van der Waals surface area contributed by atoms with Crippen LogP contribution in [0.2, 0.25) is 0 Å². The van der Waals surface area contributed by atoms with Gasteiger partial charge < -0.3 is 14.8 Å². The summed E-state index contributed by atoms with van der Waals surface area (Å²) in [4.78, 5) is 10.7. The van der Waals surface area contributed by atoms with Gasteiger partial charge in [-0.05, 0) is 13.1 Å². The van der Waals surface area contributed by atoms with Crippen LogP contribution in [0, 0.1) is 0 Å². The molecule has 6 heteroatoms. The quantitative estimate of drug-likeness (QED) is 0.798. The molecule has 0 saturated heterocycles. The lowest BCUT2D eigenvalue weighted by molar-refractivity contribution is -0.287. The molecule has 1 heterocycles. The first kappa shape index (κ1) is 10.8. The van der Waals surface area contributed by atoms with Crippen LogP contribution in [0.3, 0.4) is 0 Å². The van der Waals surface area contributed by atoms with Crippen LogP contribution < -0.4 is 14.8 Å². The summed E-state index contributed by atoms with van der Waals surface area (Å²) in [5.74, 6) is -0.281. The van der Waals surface area contributed by atoms with Crippen LogP contribution in [0.5, 0.6) is 11.5 Å². The number of hydrogen-bond acceptors (Lipinski definition) is 4. The fourth-order valence-electron chi connectivity index (χ4n) is 1.52. The highest BCUT2D eigenvalue weighted by molar-refractivity contribution is 5.82. The van der Waals surface area contributed by atoms with E-state index in [9.17, 15) is 13.6 Å². The number of fused-ring (bicyclic) bond motifs is 1. The molecule has 0 amide bonds. The number of hydrogen-bond donors (Lipinski definition) is 1. The number of alkyl halides is 2. The van der Waals surface area contributed by atoms with E-state index in [1.807, 2.05) is 0 Å². The highest BCUT2D eigenvalue weighted by Gasteiger charge is 2.45. The lowest BCUT2D eigenvalue weighted by Gasteiger charge is -2.06. The van der Waals surface area contributed by atoms with Gasteiger partial charge in [0.05, 0.1) is 5.56 Å². The number of carbonyl (C=O) groups excluding carboxylic acids is 1. The number of ether oxygens (including phenoxy) is 2. The van der Waals surface area contributed by atoms with E-state index in [0.717, 1.165) is 0 Å². The fraction of sp³-hybridized carbons (Fsp3) is 0.300.